The predicted octanol–water partition coefficient (Wildman–Crippen LogP) is -3.70. The molecule has 0 aromatic rings. The van der Waals surface area contributed by atoms with Crippen molar-refractivity contribution < 1.29 is 39.2 Å². The number of carboxylic acid groups (broad SMARTS) is 2. The monoisotopic (exact) mass is 230 g/mol. The zero-order chi connectivity index (χ0) is 12.5. The molecule has 2 amide bonds. The van der Waals surface area contributed by atoms with Crippen LogP contribution >= 0.6 is 0 Å². The highest BCUT2D eigenvalue weighted by Gasteiger charge is 2.56. The maximum absolute atomic E-state index is 11.2. The molecular weight excluding hydrogens is 222 g/mol. The summed E-state index contributed by atoms with van der Waals surface area (Å²) in [4.78, 5) is 43.4. The molecule has 1 heterocycles. The molecule has 0 bridgehead atoms. The van der Waals surface area contributed by atoms with Crippen LogP contribution in [0.3, 0.4) is 0 Å². The number of hydrogen-bond donors (Lipinski definition) is 1. The Morgan fingerprint density at radius 2 is 1.69 bits per heavy atom. The van der Waals surface area contributed by atoms with Gasteiger partial charge in [0, 0.05) is 12.4 Å². The molecule has 0 aliphatic carbocycles. The van der Waals surface area contributed by atoms with Gasteiger partial charge in [-0.2, -0.15) is 0 Å². The van der Waals surface area contributed by atoms with Gasteiger partial charge in [0.1, 0.15) is 5.97 Å². The minimum atomic E-state index is -2.16. The second kappa shape index (κ2) is 3.99. The molecule has 1 N–H and O–H groups in total. The molecule has 0 saturated carbocycles. The summed E-state index contributed by atoms with van der Waals surface area (Å²) in [6.07, 6.45) is -1.82. The van der Waals surface area contributed by atoms with E-state index < -0.39 is 40.9 Å². The average Bonchev–Trinajstić information content (AvgIpc) is 2.42. The van der Waals surface area contributed by atoms with Crippen LogP contribution in [-0.4, -0.2) is 39.6 Å². The maximum Gasteiger partial charge on any atom is 0.354 e. The standard InChI is InChI=1S/C8H9NO7/c10-5-1-2-6(11)9(5,16)4(8(14)15)3-7(12)13/h4,16H,1-3H2,(H-,12,13,14,15)/p-1. The van der Waals surface area contributed by atoms with Gasteiger partial charge in [-0.1, -0.05) is 4.65 Å². The molecule has 1 unspecified atom stereocenters. The van der Waals surface area contributed by atoms with Crippen molar-refractivity contribution in [3.05, 3.63) is 0 Å². The fourth-order valence-corrected chi connectivity index (χ4v) is 1.57. The number of quaternary nitrogens is 1. The van der Waals surface area contributed by atoms with Gasteiger partial charge in [-0.25, -0.2) is 14.8 Å². The van der Waals surface area contributed by atoms with E-state index in [4.69, 9.17) is 0 Å². The van der Waals surface area contributed by atoms with Crippen molar-refractivity contribution in [2.24, 2.45) is 0 Å². The normalized spacial score (nSPS) is 20.8. The Kier molecular flexibility index (Phi) is 3.06. The van der Waals surface area contributed by atoms with Gasteiger partial charge in [0.2, 0.25) is 0 Å². The molecule has 1 aliphatic rings. The number of imide groups is 1. The highest BCUT2D eigenvalue weighted by molar-refractivity contribution is 5.94. The third kappa shape index (κ3) is 1.79. The first-order chi connectivity index (χ1) is 7.30. The Balaban J connectivity index is 3.10. The highest BCUT2D eigenvalue weighted by Crippen LogP contribution is 2.25. The largest absolute Gasteiger partial charge is 0.550 e. The van der Waals surface area contributed by atoms with Crippen LogP contribution in [-0.2, 0) is 19.2 Å². The summed E-state index contributed by atoms with van der Waals surface area (Å²) in [6.45, 7) is 0. The van der Waals surface area contributed by atoms with Gasteiger partial charge in [0.05, 0.1) is 12.8 Å². The Morgan fingerprint density at radius 3 is 2.00 bits per heavy atom. The first-order valence-corrected chi connectivity index (χ1v) is 4.39. The quantitative estimate of drug-likeness (QED) is 0.298. The average molecular weight is 230 g/mol. The number of carbonyl (C=O) groups excluding carboxylic acids is 4. The van der Waals surface area contributed by atoms with Crippen LogP contribution in [0.5, 0.6) is 0 Å². The van der Waals surface area contributed by atoms with E-state index in [0.717, 1.165) is 0 Å². The number of carbonyl (C=O) groups is 4. The minimum Gasteiger partial charge on any atom is -0.550 e. The van der Waals surface area contributed by atoms with Crippen LogP contribution < -0.4 is 10.2 Å². The number of aliphatic carboxylic acids is 2. The molecule has 1 saturated heterocycles. The number of amides is 2. The lowest BCUT2D eigenvalue weighted by Gasteiger charge is -2.29. The van der Waals surface area contributed by atoms with Gasteiger partial charge in [-0.15, -0.1) is 0 Å². The molecule has 8 nitrogen and oxygen atoms in total. The van der Waals surface area contributed by atoms with Crippen molar-refractivity contribution in [1.29, 1.82) is 0 Å². The van der Waals surface area contributed by atoms with Crippen LogP contribution in [0.1, 0.15) is 19.3 Å². The second-order valence-corrected chi connectivity index (χ2v) is 3.38. The van der Waals surface area contributed by atoms with Crippen molar-refractivity contribution >= 4 is 23.8 Å². The Hall–Kier alpha value is -1.80. The van der Waals surface area contributed by atoms with E-state index in [2.05, 4.69) is 0 Å². The van der Waals surface area contributed by atoms with Gasteiger partial charge < -0.3 is 19.8 Å². The predicted molar refractivity (Wildman–Crippen MR) is 39.7 cm³/mol. The van der Waals surface area contributed by atoms with Gasteiger partial charge in [-0.05, 0) is 0 Å². The third-order valence-corrected chi connectivity index (χ3v) is 2.40. The maximum atomic E-state index is 11.2. The number of nitrogens with zero attached hydrogens (tertiary/aromatic N) is 1. The summed E-state index contributed by atoms with van der Waals surface area (Å²) in [6, 6.07) is -2.16. The third-order valence-electron chi connectivity index (χ3n) is 2.40. The SMILES string of the molecule is O=C([O-])CC(C(=O)[O-])[N+]1(O)C(=O)CCC1=O. The summed E-state index contributed by atoms with van der Waals surface area (Å²) in [7, 11) is 0. The van der Waals surface area contributed by atoms with Crippen LogP contribution in [0.15, 0.2) is 0 Å². The summed E-state index contributed by atoms with van der Waals surface area (Å²) >= 11 is 0. The molecule has 88 valence electrons. The number of likely N-dealkylation sites (tertiary alicyclic amines) is 1. The molecule has 8 heteroatoms. The van der Waals surface area contributed by atoms with Gasteiger partial charge in [0.25, 0.3) is 0 Å². The lowest BCUT2D eigenvalue weighted by Crippen LogP contribution is -2.63. The molecule has 0 radical (unpaired) electrons. The summed E-state index contributed by atoms with van der Waals surface area (Å²) in [5, 5.41) is 30.6. The first-order valence-electron chi connectivity index (χ1n) is 4.39. The number of hydrogen-bond acceptors (Lipinski definition) is 7. The minimum absolute atomic E-state index is 0.327. The van der Waals surface area contributed by atoms with Gasteiger partial charge in [0.15, 0.2) is 6.04 Å². The number of rotatable bonds is 4. The van der Waals surface area contributed by atoms with Crippen LogP contribution in [0.4, 0.5) is 0 Å². The second-order valence-electron chi connectivity index (χ2n) is 3.38. The molecule has 16 heavy (non-hydrogen) atoms. The van der Waals surface area contributed by atoms with E-state index in [1.54, 1.807) is 0 Å². The van der Waals surface area contributed by atoms with Crippen molar-refractivity contribution in [1.82, 2.24) is 0 Å². The van der Waals surface area contributed by atoms with E-state index >= 15 is 0 Å². The van der Waals surface area contributed by atoms with Crippen molar-refractivity contribution in [2.75, 3.05) is 0 Å². The molecule has 1 atom stereocenters. The molecule has 1 aliphatic heterocycles. The fourth-order valence-electron chi connectivity index (χ4n) is 1.57. The number of hydroxylamine groups is 3. The van der Waals surface area contributed by atoms with Crippen molar-refractivity contribution in [3.8, 4) is 0 Å². The van der Waals surface area contributed by atoms with Crippen LogP contribution in [0.2, 0.25) is 0 Å². The molecular formula is C8H8NO7-. The van der Waals surface area contributed by atoms with E-state index in [-0.39, 0.29) is 12.8 Å². The zero-order valence-corrected chi connectivity index (χ0v) is 8.04. The van der Waals surface area contributed by atoms with Crippen molar-refractivity contribution in [3.63, 3.8) is 0 Å². The topological polar surface area (TPSA) is 135 Å². The van der Waals surface area contributed by atoms with E-state index in [1.165, 1.54) is 0 Å². The smallest absolute Gasteiger partial charge is 0.354 e. The Morgan fingerprint density at radius 1 is 1.25 bits per heavy atom. The number of carboxylic acids is 2. The lowest BCUT2D eigenvalue weighted by molar-refractivity contribution is -0.985. The molecule has 0 spiro atoms. The molecule has 0 aromatic heterocycles. The summed E-state index contributed by atoms with van der Waals surface area (Å²) in [5.41, 5.74) is 0. The Labute approximate surface area is 89.2 Å². The van der Waals surface area contributed by atoms with Gasteiger partial charge in [-0.3, -0.25) is 0 Å². The van der Waals surface area contributed by atoms with Crippen LogP contribution in [0.25, 0.3) is 0 Å². The molecule has 1 fully saturated rings. The lowest BCUT2D eigenvalue weighted by atomic mass is 10.1. The zero-order valence-electron chi connectivity index (χ0n) is 8.04. The summed E-state index contributed by atoms with van der Waals surface area (Å²) < 4.78 is -2.05. The van der Waals surface area contributed by atoms with Crippen molar-refractivity contribution in [2.45, 2.75) is 25.3 Å². The molecule has 0 aromatic carbocycles. The highest BCUT2D eigenvalue weighted by atomic mass is 16.6. The van der Waals surface area contributed by atoms with E-state index in [1.807, 2.05) is 0 Å². The van der Waals surface area contributed by atoms with Gasteiger partial charge >= 0.3 is 11.8 Å². The van der Waals surface area contributed by atoms with Crippen LogP contribution in [0, 0.1) is 0 Å². The molecule has 1 rings (SSSR count). The fraction of sp³-hybridized carbons (Fsp3) is 0.500. The summed E-state index contributed by atoms with van der Waals surface area (Å²) in [5.74, 6) is -5.90. The Bertz CT molecular complexity index is 359. The first kappa shape index (κ1) is 12.3. The van der Waals surface area contributed by atoms with E-state index in [0.29, 0.717) is 0 Å². The van der Waals surface area contributed by atoms with E-state index in [9.17, 15) is 34.6 Å².